The van der Waals surface area contributed by atoms with Crippen molar-refractivity contribution >= 4 is 6.09 Å². The summed E-state index contributed by atoms with van der Waals surface area (Å²) >= 11 is 0. The van der Waals surface area contributed by atoms with Gasteiger partial charge in [-0.2, -0.15) is 0 Å². The van der Waals surface area contributed by atoms with Crippen molar-refractivity contribution < 1.29 is 9.53 Å². The Hall–Kier alpha value is -1.55. The Bertz CT molecular complexity index is 534. The first-order valence-electron chi connectivity index (χ1n) is 8.72. The van der Waals surface area contributed by atoms with E-state index in [1.807, 2.05) is 20.8 Å². The molecule has 0 radical (unpaired) electrons. The van der Waals surface area contributed by atoms with Crippen LogP contribution < -0.4 is 5.32 Å². The summed E-state index contributed by atoms with van der Waals surface area (Å²) in [6.07, 6.45) is 4.29. The van der Waals surface area contributed by atoms with Gasteiger partial charge in [0.2, 0.25) is 0 Å². The molecule has 0 unspecified atom stereocenters. The van der Waals surface area contributed by atoms with Gasteiger partial charge in [-0.05, 0) is 52.0 Å². The Labute approximate surface area is 139 Å². The van der Waals surface area contributed by atoms with Crippen LogP contribution in [0.4, 0.5) is 4.79 Å². The number of likely N-dealkylation sites (tertiary alicyclic amines) is 1. The third-order valence-corrected chi connectivity index (χ3v) is 4.56. The smallest absolute Gasteiger partial charge is 0.407 e. The molecule has 0 aromatic heterocycles. The maximum atomic E-state index is 12.1. The van der Waals surface area contributed by atoms with Crippen LogP contribution in [0.3, 0.4) is 0 Å². The molecule has 1 amide bonds. The second-order valence-electron chi connectivity index (χ2n) is 7.76. The number of hydrogen-bond donors (Lipinski definition) is 1. The van der Waals surface area contributed by atoms with Gasteiger partial charge in [0.15, 0.2) is 0 Å². The standard InChI is InChI=1S/C19H28N2O2/c1-19(2,3)23-18(22)20-15-11-12-21(16-9-10-16)17(13-15)14-7-5-4-6-8-14/h4-8,15-17H,9-13H2,1-3H3,(H,20,22)/t15-,17-/m0/s1. The summed E-state index contributed by atoms with van der Waals surface area (Å²) in [6, 6.07) is 12.0. The summed E-state index contributed by atoms with van der Waals surface area (Å²) in [4.78, 5) is 14.7. The molecule has 2 aliphatic rings. The molecule has 1 aromatic rings. The second kappa shape index (κ2) is 6.52. The number of piperidine rings is 1. The van der Waals surface area contributed by atoms with Crippen LogP contribution in [0.1, 0.15) is 58.1 Å². The molecule has 2 atom stereocenters. The molecule has 1 aromatic carbocycles. The Balaban J connectivity index is 1.65. The van der Waals surface area contributed by atoms with Crippen molar-refractivity contribution in [1.29, 1.82) is 0 Å². The minimum Gasteiger partial charge on any atom is -0.444 e. The molecule has 1 N–H and O–H groups in total. The van der Waals surface area contributed by atoms with E-state index in [1.54, 1.807) is 0 Å². The molecule has 0 spiro atoms. The predicted molar refractivity (Wildman–Crippen MR) is 91.3 cm³/mol. The summed E-state index contributed by atoms with van der Waals surface area (Å²) in [6.45, 7) is 6.74. The monoisotopic (exact) mass is 316 g/mol. The molecule has 4 heteroatoms. The lowest BCUT2D eigenvalue weighted by molar-refractivity contribution is 0.0444. The zero-order valence-corrected chi connectivity index (χ0v) is 14.4. The quantitative estimate of drug-likeness (QED) is 0.920. The largest absolute Gasteiger partial charge is 0.444 e. The maximum Gasteiger partial charge on any atom is 0.407 e. The van der Waals surface area contributed by atoms with Crippen molar-refractivity contribution in [2.75, 3.05) is 6.54 Å². The van der Waals surface area contributed by atoms with E-state index in [1.165, 1.54) is 18.4 Å². The average Bonchev–Trinajstić information content (AvgIpc) is 3.30. The number of ether oxygens (including phenoxy) is 1. The molecule has 1 aliphatic carbocycles. The molecule has 23 heavy (non-hydrogen) atoms. The molecule has 1 heterocycles. The molecule has 4 nitrogen and oxygen atoms in total. The first kappa shape index (κ1) is 16.3. The fourth-order valence-electron chi connectivity index (χ4n) is 3.43. The van der Waals surface area contributed by atoms with E-state index >= 15 is 0 Å². The SMILES string of the molecule is CC(C)(C)OC(=O)N[C@H]1CCN(C2CC2)[C@H](c2ccccc2)C1. The van der Waals surface area contributed by atoms with Crippen LogP contribution in [0.2, 0.25) is 0 Å². The lowest BCUT2D eigenvalue weighted by Crippen LogP contribution is -2.48. The van der Waals surface area contributed by atoms with Crippen LogP contribution in [0, 0.1) is 0 Å². The molecule has 3 rings (SSSR count). The van der Waals surface area contributed by atoms with Gasteiger partial charge in [0.1, 0.15) is 5.60 Å². The predicted octanol–water partition coefficient (Wildman–Crippen LogP) is 3.88. The van der Waals surface area contributed by atoms with E-state index in [2.05, 4.69) is 40.5 Å². The number of alkyl carbamates (subject to hydrolysis) is 1. The number of carbonyl (C=O) groups excluding carboxylic acids is 1. The van der Waals surface area contributed by atoms with Crippen LogP contribution in [-0.4, -0.2) is 35.2 Å². The van der Waals surface area contributed by atoms with Gasteiger partial charge in [-0.15, -0.1) is 0 Å². The Morgan fingerprint density at radius 1 is 1.17 bits per heavy atom. The fraction of sp³-hybridized carbons (Fsp3) is 0.632. The van der Waals surface area contributed by atoms with Crippen LogP contribution in [0.25, 0.3) is 0 Å². The molecular formula is C19H28N2O2. The number of rotatable bonds is 3. The molecule has 0 bridgehead atoms. The number of carbonyl (C=O) groups is 1. The van der Waals surface area contributed by atoms with Crippen molar-refractivity contribution in [3.63, 3.8) is 0 Å². The van der Waals surface area contributed by atoms with Gasteiger partial charge < -0.3 is 10.1 Å². The molecular weight excluding hydrogens is 288 g/mol. The van der Waals surface area contributed by atoms with Gasteiger partial charge in [-0.1, -0.05) is 30.3 Å². The summed E-state index contributed by atoms with van der Waals surface area (Å²) in [7, 11) is 0. The van der Waals surface area contributed by atoms with E-state index in [0.29, 0.717) is 6.04 Å². The highest BCUT2D eigenvalue weighted by atomic mass is 16.6. The second-order valence-corrected chi connectivity index (χ2v) is 7.76. The summed E-state index contributed by atoms with van der Waals surface area (Å²) in [5.74, 6) is 0. The lowest BCUT2D eigenvalue weighted by atomic mass is 9.91. The number of hydrogen-bond acceptors (Lipinski definition) is 3. The van der Waals surface area contributed by atoms with Gasteiger partial charge in [0.25, 0.3) is 0 Å². The highest BCUT2D eigenvalue weighted by molar-refractivity contribution is 5.68. The number of nitrogens with zero attached hydrogens (tertiary/aromatic N) is 1. The first-order chi connectivity index (χ1) is 10.9. The van der Waals surface area contributed by atoms with Crippen molar-refractivity contribution in [3.05, 3.63) is 35.9 Å². The minimum atomic E-state index is -0.447. The van der Waals surface area contributed by atoms with E-state index < -0.39 is 5.60 Å². The zero-order chi connectivity index (χ0) is 16.4. The van der Waals surface area contributed by atoms with Gasteiger partial charge in [-0.25, -0.2) is 4.79 Å². The normalized spacial score (nSPS) is 25.9. The van der Waals surface area contributed by atoms with Gasteiger partial charge >= 0.3 is 6.09 Å². The van der Waals surface area contributed by atoms with Crippen LogP contribution >= 0.6 is 0 Å². The molecule has 1 saturated heterocycles. The van der Waals surface area contributed by atoms with E-state index in [0.717, 1.165) is 25.4 Å². The maximum absolute atomic E-state index is 12.1. The van der Waals surface area contributed by atoms with E-state index in [4.69, 9.17) is 4.74 Å². The molecule has 1 saturated carbocycles. The highest BCUT2D eigenvalue weighted by Crippen LogP contribution is 2.39. The number of amides is 1. The first-order valence-corrected chi connectivity index (χ1v) is 8.72. The summed E-state index contributed by atoms with van der Waals surface area (Å²) < 4.78 is 5.40. The Kier molecular flexibility index (Phi) is 4.62. The molecule has 1 aliphatic heterocycles. The highest BCUT2D eigenvalue weighted by Gasteiger charge is 2.39. The summed E-state index contributed by atoms with van der Waals surface area (Å²) in [5.41, 5.74) is 0.910. The summed E-state index contributed by atoms with van der Waals surface area (Å²) in [5, 5.41) is 3.07. The van der Waals surface area contributed by atoms with E-state index in [9.17, 15) is 4.79 Å². The zero-order valence-electron chi connectivity index (χ0n) is 14.4. The van der Waals surface area contributed by atoms with Crippen LogP contribution in [0.5, 0.6) is 0 Å². The lowest BCUT2D eigenvalue weighted by Gasteiger charge is -2.40. The van der Waals surface area contributed by atoms with Crippen molar-refractivity contribution in [1.82, 2.24) is 10.2 Å². The van der Waals surface area contributed by atoms with Crippen molar-refractivity contribution in [3.8, 4) is 0 Å². The van der Waals surface area contributed by atoms with Gasteiger partial charge in [0, 0.05) is 24.7 Å². The third kappa shape index (κ3) is 4.47. The topological polar surface area (TPSA) is 41.6 Å². The average molecular weight is 316 g/mol. The van der Waals surface area contributed by atoms with Crippen LogP contribution in [-0.2, 0) is 4.74 Å². The van der Waals surface area contributed by atoms with Gasteiger partial charge in [-0.3, -0.25) is 4.90 Å². The minimum absolute atomic E-state index is 0.185. The van der Waals surface area contributed by atoms with Crippen molar-refractivity contribution in [2.45, 2.75) is 70.2 Å². The molecule has 126 valence electrons. The number of nitrogens with one attached hydrogen (secondary N) is 1. The Morgan fingerprint density at radius 2 is 1.87 bits per heavy atom. The van der Waals surface area contributed by atoms with E-state index in [-0.39, 0.29) is 12.1 Å². The van der Waals surface area contributed by atoms with Gasteiger partial charge in [0.05, 0.1) is 0 Å². The number of benzene rings is 1. The van der Waals surface area contributed by atoms with Crippen molar-refractivity contribution in [2.24, 2.45) is 0 Å². The third-order valence-electron chi connectivity index (χ3n) is 4.56. The Morgan fingerprint density at radius 3 is 2.48 bits per heavy atom. The fourth-order valence-corrected chi connectivity index (χ4v) is 3.43. The van der Waals surface area contributed by atoms with Crippen LogP contribution in [0.15, 0.2) is 30.3 Å². The molecule has 2 fully saturated rings.